The fourth-order valence-corrected chi connectivity index (χ4v) is 3.69. The topological polar surface area (TPSA) is 34.1 Å². The lowest BCUT2D eigenvalue weighted by Crippen LogP contribution is -2.18. The second-order valence-electron chi connectivity index (χ2n) is 8.81. The van der Waals surface area contributed by atoms with Crippen molar-refractivity contribution < 1.29 is 4.74 Å². The smallest absolute Gasteiger partial charge is 0.132 e. The van der Waals surface area contributed by atoms with E-state index in [1.54, 1.807) is 11.3 Å². The largest absolute Gasteiger partial charge is 0.493 e. The molecule has 0 saturated heterocycles. The number of benzene rings is 1. The third kappa shape index (κ3) is 4.86. The number of nitrogens with zero attached hydrogens (tertiary/aromatic N) is 1. The highest BCUT2D eigenvalue weighted by Gasteiger charge is 2.27. The number of hydrogen-bond acceptors (Lipinski definition) is 4. The van der Waals surface area contributed by atoms with Gasteiger partial charge in [0, 0.05) is 29.5 Å². The van der Waals surface area contributed by atoms with E-state index < -0.39 is 0 Å². The summed E-state index contributed by atoms with van der Waals surface area (Å²) in [6, 6.07) is 4.60. The second-order valence-corrected chi connectivity index (χ2v) is 9.76. The van der Waals surface area contributed by atoms with E-state index in [-0.39, 0.29) is 10.8 Å². The van der Waals surface area contributed by atoms with Gasteiger partial charge in [0.2, 0.25) is 0 Å². The second kappa shape index (κ2) is 8.10. The zero-order valence-electron chi connectivity index (χ0n) is 17.6. The van der Waals surface area contributed by atoms with Crippen LogP contribution in [0.15, 0.2) is 17.5 Å². The summed E-state index contributed by atoms with van der Waals surface area (Å²) < 4.78 is 6.16. The van der Waals surface area contributed by atoms with Crippen molar-refractivity contribution >= 4 is 11.3 Å². The number of thiazole rings is 1. The molecule has 0 saturated carbocycles. The molecule has 1 aromatic carbocycles. The van der Waals surface area contributed by atoms with Gasteiger partial charge in [0.1, 0.15) is 5.75 Å². The first-order chi connectivity index (χ1) is 12.1. The summed E-state index contributed by atoms with van der Waals surface area (Å²) in [5.41, 5.74) is 4.81. The minimum Gasteiger partial charge on any atom is -0.493 e. The van der Waals surface area contributed by atoms with Crippen LogP contribution in [-0.2, 0) is 17.3 Å². The van der Waals surface area contributed by atoms with Crippen LogP contribution in [0.25, 0.3) is 11.3 Å². The van der Waals surface area contributed by atoms with Crippen LogP contribution in [0.2, 0.25) is 0 Å². The Morgan fingerprint density at radius 2 is 1.77 bits per heavy atom. The number of rotatable bonds is 6. The summed E-state index contributed by atoms with van der Waals surface area (Å²) in [4.78, 5) is 4.91. The number of hydrogen-bond donors (Lipinski definition) is 1. The van der Waals surface area contributed by atoms with Crippen molar-refractivity contribution in [3.05, 3.63) is 33.6 Å². The first-order valence-electron chi connectivity index (χ1n) is 9.49. The molecule has 1 N–H and O–H groups in total. The van der Waals surface area contributed by atoms with E-state index >= 15 is 0 Å². The monoisotopic (exact) mass is 374 g/mol. The van der Waals surface area contributed by atoms with Crippen LogP contribution in [0.3, 0.4) is 0 Å². The fourth-order valence-electron chi connectivity index (χ4n) is 2.89. The molecular formula is C22H34N2OS. The first-order valence-corrected chi connectivity index (χ1v) is 10.4. The van der Waals surface area contributed by atoms with E-state index in [1.807, 2.05) is 14.0 Å². The van der Waals surface area contributed by atoms with Crippen molar-refractivity contribution in [1.29, 1.82) is 0 Å². The Bertz CT molecular complexity index is 736. The van der Waals surface area contributed by atoms with E-state index in [9.17, 15) is 0 Å². The first kappa shape index (κ1) is 20.9. The van der Waals surface area contributed by atoms with Crippen LogP contribution in [0, 0.1) is 0 Å². The van der Waals surface area contributed by atoms with Gasteiger partial charge in [0.15, 0.2) is 0 Å². The molecule has 0 aliphatic carbocycles. The summed E-state index contributed by atoms with van der Waals surface area (Å²) >= 11 is 1.73. The molecule has 1 heterocycles. The molecule has 0 radical (unpaired) electrons. The molecule has 0 aliphatic rings. The summed E-state index contributed by atoms with van der Waals surface area (Å²) in [5, 5.41) is 6.53. The molecule has 0 spiro atoms. The molecule has 144 valence electrons. The third-order valence-corrected chi connectivity index (χ3v) is 5.38. The van der Waals surface area contributed by atoms with E-state index in [1.165, 1.54) is 11.1 Å². The Kier molecular flexibility index (Phi) is 6.51. The van der Waals surface area contributed by atoms with Gasteiger partial charge in [-0.05, 0) is 36.4 Å². The van der Waals surface area contributed by atoms with E-state index in [0.29, 0.717) is 6.61 Å². The molecular weight excluding hydrogens is 340 g/mol. The molecule has 0 fully saturated rings. The van der Waals surface area contributed by atoms with Crippen LogP contribution in [0.5, 0.6) is 5.75 Å². The normalized spacial score (nSPS) is 12.5. The van der Waals surface area contributed by atoms with Gasteiger partial charge in [-0.2, -0.15) is 0 Å². The molecule has 0 unspecified atom stereocenters. The van der Waals surface area contributed by atoms with Crippen molar-refractivity contribution in [3.8, 4) is 17.0 Å². The number of ether oxygens (including phenoxy) is 1. The molecule has 4 heteroatoms. The number of nitrogens with one attached hydrogen (secondary N) is 1. The lowest BCUT2D eigenvalue weighted by atomic mass is 9.78. The summed E-state index contributed by atoms with van der Waals surface area (Å²) in [7, 11) is 1.98. The molecule has 0 aliphatic heterocycles. The van der Waals surface area contributed by atoms with Crippen LogP contribution in [-0.4, -0.2) is 25.2 Å². The molecule has 0 bridgehead atoms. The average molecular weight is 375 g/mol. The van der Waals surface area contributed by atoms with Crippen molar-refractivity contribution in [2.24, 2.45) is 0 Å². The molecule has 2 aromatic rings. The Labute approximate surface area is 163 Å². The molecule has 0 atom stereocenters. The van der Waals surface area contributed by atoms with E-state index in [0.717, 1.165) is 35.0 Å². The number of aromatic nitrogens is 1. The lowest BCUT2D eigenvalue weighted by Gasteiger charge is -2.29. The number of likely N-dealkylation sites (N-methyl/N-ethyl adjacent to an activating group) is 1. The minimum atomic E-state index is 0.00545. The highest BCUT2D eigenvalue weighted by Crippen LogP contribution is 2.43. The van der Waals surface area contributed by atoms with Crippen molar-refractivity contribution in [1.82, 2.24) is 10.3 Å². The van der Waals surface area contributed by atoms with E-state index in [2.05, 4.69) is 64.4 Å². The molecule has 3 nitrogen and oxygen atoms in total. The van der Waals surface area contributed by atoms with Crippen molar-refractivity contribution in [2.75, 3.05) is 20.2 Å². The van der Waals surface area contributed by atoms with Crippen LogP contribution >= 0.6 is 11.3 Å². The van der Waals surface area contributed by atoms with Gasteiger partial charge in [-0.1, -0.05) is 47.6 Å². The zero-order chi connectivity index (χ0) is 19.5. The quantitative estimate of drug-likeness (QED) is 0.718. The van der Waals surface area contributed by atoms with Gasteiger partial charge in [0.25, 0.3) is 0 Å². The predicted molar refractivity (Wildman–Crippen MR) is 114 cm³/mol. The summed E-state index contributed by atoms with van der Waals surface area (Å²) in [5.74, 6) is 0.985. The van der Waals surface area contributed by atoms with Crippen molar-refractivity contribution in [3.63, 3.8) is 0 Å². The maximum absolute atomic E-state index is 6.16. The third-order valence-electron chi connectivity index (χ3n) is 4.47. The van der Waals surface area contributed by atoms with Crippen LogP contribution in [0.1, 0.15) is 64.6 Å². The Hall–Kier alpha value is -1.39. The molecule has 1 aromatic heterocycles. The van der Waals surface area contributed by atoms with Crippen LogP contribution < -0.4 is 10.1 Å². The van der Waals surface area contributed by atoms with Gasteiger partial charge in [0.05, 0.1) is 17.3 Å². The van der Waals surface area contributed by atoms with Gasteiger partial charge < -0.3 is 10.1 Å². The maximum atomic E-state index is 6.16. The highest BCUT2D eigenvalue weighted by atomic mass is 32.1. The van der Waals surface area contributed by atoms with Gasteiger partial charge in [-0.15, -0.1) is 11.3 Å². The Balaban J connectivity index is 2.66. The standard InChI is InChI=1S/C22H34N2OS/c1-9-25-20-16(18-14-26-19(24-18)10-11-23-8)12-15(21(2,3)4)13-17(20)22(5,6)7/h12-14,23H,9-11H2,1-8H3. The van der Waals surface area contributed by atoms with E-state index in [4.69, 9.17) is 9.72 Å². The minimum absolute atomic E-state index is 0.00545. The van der Waals surface area contributed by atoms with Crippen molar-refractivity contribution in [2.45, 2.75) is 65.7 Å². The fraction of sp³-hybridized carbons (Fsp3) is 0.591. The van der Waals surface area contributed by atoms with Gasteiger partial charge >= 0.3 is 0 Å². The van der Waals surface area contributed by atoms with Crippen LogP contribution in [0.4, 0.5) is 0 Å². The Morgan fingerprint density at radius 3 is 2.31 bits per heavy atom. The van der Waals surface area contributed by atoms with Gasteiger partial charge in [-0.25, -0.2) is 4.98 Å². The highest BCUT2D eigenvalue weighted by molar-refractivity contribution is 7.09. The molecule has 2 rings (SSSR count). The lowest BCUT2D eigenvalue weighted by molar-refractivity contribution is 0.330. The summed E-state index contributed by atoms with van der Waals surface area (Å²) in [6.45, 7) is 17.2. The summed E-state index contributed by atoms with van der Waals surface area (Å²) in [6.07, 6.45) is 0.955. The maximum Gasteiger partial charge on any atom is 0.132 e. The zero-order valence-corrected chi connectivity index (χ0v) is 18.4. The molecule has 0 amide bonds. The Morgan fingerprint density at radius 1 is 1.08 bits per heavy atom. The predicted octanol–water partition coefficient (Wildman–Crippen LogP) is 5.57. The molecule has 26 heavy (non-hydrogen) atoms. The SMILES string of the molecule is CCOc1c(-c2csc(CCNC)n2)cc(C(C)(C)C)cc1C(C)(C)C. The van der Waals surface area contributed by atoms with Gasteiger partial charge in [-0.3, -0.25) is 0 Å². The average Bonchev–Trinajstić information content (AvgIpc) is 2.99.